The van der Waals surface area contributed by atoms with E-state index in [2.05, 4.69) is 27.5 Å². The molecular formula is C13H17IN2O3. The molecule has 0 atom stereocenters. The van der Waals surface area contributed by atoms with Crippen molar-refractivity contribution in [2.24, 2.45) is 0 Å². The largest absolute Gasteiger partial charge is 0.395 e. The van der Waals surface area contributed by atoms with Crippen LogP contribution >= 0.6 is 22.6 Å². The van der Waals surface area contributed by atoms with Crippen LogP contribution in [0.25, 0.3) is 0 Å². The molecule has 0 amide bonds. The molecule has 1 N–H and O–H groups in total. The van der Waals surface area contributed by atoms with Crippen LogP contribution < -0.4 is 4.90 Å². The van der Waals surface area contributed by atoms with Crippen molar-refractivity contribution in [2.45, 2.75) is 31.7 Å². The maximum atomic E-state index is 10.8. The number of nitrogens with zero attached hydrogens (tertiary/aromatic N) is 2. The second-order valence-electron chi connectivity index (χ2n) is 4.75. The normalized spacial score (nSPS) is 15.7. The Labute approximate surface area is 125 Å². The molecule has 1 aliphatic carbocycles. The molecule has 2 rings (SSSR count). The molecule has 6 heteroatoms. The van der Waals surface area contributed by atoms with Gasteiger partial charge in [-0.2, -0.15) is 0 Å². The molecule has 0 saturated heterocycles. The van der Waals surface area contributed by atoms with Gasteiger partial charge >= 0.3 is 0 Å². The quantitative estimate of drug-likeness (QED) is 0.488. The zero-order valence-corrected chi connectivity index (χ0v) is 12.7. The summed E-state index contributed by atoms with van der Waals surface area (Å²) in [5, 5.41) is 20.0. The maximum Gasteiger partial charge on any atom is 0.270 e. The fourth-order valence-electron chi connectivity index (χ4n) is 2.67. The van der Waals surface area contributed by atoms with Gasteiger partial charge in [-0.05, 0) is 41.5 Å². The zero-order valence-electron chi connectivity index (χ0n) is 10.6. The molecule has 0 radical (unpaired) electrons. The van der Waals surface area contributed by atoms with Gasteiger partial charge in [0.25, 0.3) is 5.69 Å². The van der Waals surface area contributed by atoms with Crippen LogP contribution in [0.2, 0.25) is 0 Å². The van der Waals surface area contributed by atoms with E-state index in [1.54, 1.807) is 12.1 Å². The van der Waals surface area contributed by atoms with Crippen LogP contribution in [0.5, 0.6) is 0 Å². The lowest BCUT2D eigenvalue weighted by Gasteiger charge is -2.31. The van der Waals surface area contributed by atoms with Crippen molar-refractivity contribution in [1.82, 2.24) is 0 Å². The lowest BCUT2D eigenvalue weighted by Crippen LogP contribution is -2.36. The Morgan fingerprint density at radius 2 is 2.11 bits per heavy atom. The molecule has 0 spiro atoms. The number of rotatable bonds is 5. The summed E-state index contributed by atoms with van der Waals surface area (Å²) in [6.45, 7) is 0.683. The van der Waals surface area contributed by atoms with Gasteiger partial charge in [-0.25, -0.2) is 0 Å². The zero-order chi connectivity index (χ0) is 13.8. The standard InChI is InChI=1S/C13H17IN2O3/c14-12-9-11(16(18)19)5-6-13(12)15(7-8-17)10-3-1-2-4-10/h5-6,9-10,17H,1-4,7-8H2. The summed E-state index contributed by atoms with van der Waals surface area (Å²) in [5.74, 6) is 0. The third-order valence-corrected chi connectivity index (χ3v) is 4.42. The highest BCUT2D eigenvalue weighted by Crippen LogP contribution is 2.32. The van der Waals surface area contributed by atoms with E-state index >= 15 is 0 Å². The summed E-state index contributed by atoms with van der Waals surface area (Å²) in [6, 6.07) is 5.38. The van der Waals surface area contributed by atoms with Crippen molar-refractivity contribution in [1.29, 1.82) is 0 Å². The van der Waals surface area contributed by atoms with Crippen molar-refractivity contribution in [3.63, 3.8) is 0 Å². The number of benzene rings is 1. The summed E-state index contributed by atoms with van der Waals surface area (Å²) in [6.07, 6.45) is 4.70. The number of anilines is 1. The van der Waals surface area contributed by atoms with Crippen molar-refractivity contribution >= 4 is 34.0 Å². The van der Waals surface area contributed by atoms with Crippen LogP contribution in [0.4, 0.5) is 11.4 Å². The number of hydrogen-bond donors (Lipinski definition) is 1. The number of aliphatic hydroxyl groups is 1. The van der Waals surface area contributed by atoms with E-state index in [9.17, 15) is 15.2 Å². The smallest absolute Gasteiger partial charge is 0.270 e. The molecule has 1 fully saturated rings. The molecular weight excluding hydrogens is 359 g/mol. The summed E-state index contributed by atoms with van der Waals surface area (Å²) in [5.41, 5.74) is 1.11. The van der Waals surface area contributed by atoms with Crippen LogP contribution in [-0.4, -0.2) is 29.2 Å². The topological polar surface area (TPSA) is 66.6 Å². The number of aliphatic hydroxyl groups excluding tert-OH is 1. The van der Waals surface area contributed by atoms with Crippen LogP contribution in [0.1, 0.15) is 25.7 Å². The predicted molar refractivity (Wildman–Crippen MR) is 82.5 cm³/mol. The van der Waals surface area contributed by atoms with Gasteiger partial charge in [-0.15, -0.1) is 0 Å². The Morgan fingerprint density at radius 3 is 2.63 bits per heavy atom. The molecule has 1 aromatic rings. The Balaban J connectivity index is 2.28. The summed E-state index contributed by atoms with van der Waals surface area (Å²) >= 11 is 2.13. The molecule has 0 unspecified atom stereocenters. The Bertz CT molecular complexity index is 461. The highest BCUT2D eigenvalue weighted by Gasteiger charge is 2.24. The van der Waals surface area contributed by atoms with E-state index in [0.717, 1.165) is 22.1 Å². The molecule has 104 valence electrons. The van der Waals surface area contributed by atoms with Gasteiger partial charge in [0.2, 0.25) is 0 Å². The lowest BCUT2D eigenvalue weighted by molar-refractivity contribution is -0.384. The van der Waals surface area contributed by atoms with Crippen LogP contribution in [-0.2, 0) is 0 Å². The number of nitro groups is 1. The molecule has 5 nitrogen and oxygen atoms in total. The first kappa shape index (κ1) is 14.5. The maximum absolute atomic E-state index is 10.8. The van der Waals surface area contributed by atoms with Gasteiger partial charge in [0.15, 0.2) is 0 Å². The van der Waals surface area contributed by atoms with Gasteiger partial charge in [-0.1, -0.05) is 12.8 Å². The van der Waals surface area contributed by atoms with Crippen LogP contribution in [0.15, 0.2) is 18.2 Å². The van der Waals surface area contributed by atoms with Crippen molar-refractivity contribution in [2.75, 3.05) is 18.1 Å². The molecule has 1 aliphatic rings. The first-order chi connectivity index (χ1) is 9.13. The molecule has 0 aromatic heterocycles. The van der Waals surface area contributed by atoms with Gasteiger partial charge < -0.3 is 10.0 Å². The number of hydrogen-bond acceptors (Lipinski definition) is 4. The third kappa shape index (κ3) is 3.36. The average Bonchev–Trinajstić information content (AvgIpc) is 2.90. The van der Waals surface area contributed by atoms with Crippen molar-refractivity contribution < 1.29 is 10.0 Å². The molecule has 19 heavy (non-hydrogen) atoms. The van der Waals surface area contributed by atoms with Gasteiger partial charge in [-0.3, -0.25) is 10.1 Å². The number of halogens is 1. The van der Waals surface area contributed by atoms with E-state index in [4.69, 9.17) is 0 Å². The molecule has 1 saturated carbocycles. The highest BCUT2D eigenvalue weighted by atomic mass is 127. The average molecular weight is 376 g/mol. The van der Waals surface area contributed by atoms with Crippen LogP contribution in [0, 0.1) is 13.7 Å². The molecule has 0 bridgehead atoms. The predicted octanol–water partition coefficient (Wildman–Crippen LogP) is 2.94. The minimum atomic E-state index is -0.377. The van der Waals surface area contributed by atoms with Gasteiger partial charge in [0.05, 0.1) is 17.2 Å². The Morgan fingerprint density at radius 1 is 1.42 bits per heavy atom. The van der Waals surface area contributed by atoms with Crippen molar-refractivity contribution in [3.05, 3.63) is 31.9 Å². The third-order valence-electron chi connectivity index (χ3n) is 3.56. The second-order valence-corrected chi connectivity index (χ2v) is 5.91. The van der Waals surface area contributed by atoms with E-state index in [0.29, 0.717) is 12.6 Å². The minimum Gasteiger partial charge on any atom is -0.395 e. The molecule has 1 aromatic carbocycles. The Hall–Kier alpha value is -0.890. The summed E-state index contributed by atoms with van der Waals surface area (Å²) in [4.78, 5) is 12.6. The number of nitro benzene ring substituents is 1. The van der Waals surface area contributed by atoms with E-state index in [1.807, 2.05) is 0 Å². The van der Waals surface area contributed by atoms with Gasteiger partial charge in [0.1, 0.15) is 0 Å². The summed E-state index contributed by atoms with van der Waals surface area (Å²) < 4.78 is 0.868. The molecule has 0 heterocycles. The summed E-state index contributed by atoms with van der Waals surface area (Å²) in [7, 11) is 0. The van der Waals surface area contributed by atoms with E-state index in [-0.39, 0.29) is 17.2 Å². The monoisotopic (exact) mass is 376 g/mol. The molecule has 0 aliphatic heterocycles. The van der Waals surface area contributed by atoms with Crippen molar-refractivity contribution in [3.8, 4) is 0 Å². The number of non-ortho nitro benzene ring substituents is 1. The first-order valence-electron chi connectivity index (χ1n) is 6.45. The van der Waals surface area contributed by atoms with E-state index in [1.165, 1.54) is 18.9 Å². The van der Waals surface area contributed by atoms with Crippen LogP contribution in [0.3, 0.4) is 0 Å². The SMILES string of the molecule is O=[N+]([O-])c1ccc(N(CCO)C2CCCC2)c(I)c1. The fraction of sp³-hybridized carbons (Fsp3) is 0.538. The minimum absolute atomic E-state index is 0.101. The first-order valence-corrected chi connectivity index (χ1v) is 7.53. The highest BCUT2D eigenvalue weighted by molar-refractivity contribution is 14.1. The van der Waals surface area contributed by atoms with E-state index < -0.39 is 0 Å². The Kier molecular flexibility index (Phi) is 4.98. The lowest BCUT2D eigenvalue weighted by atomic mass is 10.1. The second kappa shape index (κ2) is 6.51. The van der Waals surface area contributed by atoms with Gasteiger partial charge in [0, 0.05) is 28.3 Å². The fourth-order valence-corrected chi connectivity index (χ4v) is 3.47.